The lowest BCUT2D eigenvalue weighted by molar-refractivity contribution is 0.564. The van der Waals surface area contributed by atoms with Gasteiger partial charge in [0.2, 0.25) is 0 Å². The molecule has 0 spiro atoms. The Balaban J connectivity index is 2.44. The highest BCUT2D eigenvalue weighted by atomic mass is 79.9. The Bertz CT molecular complexity index is 494. The molecule has 1 heterocycles. The Morgan fingerprint density at radius 3 is 2.62 bits per heavy atom. The molecule has 0 saturated heterocycles. The van der Waals surface area contributed by atoms with Crippen LogP contribution in [-0.2, 0) is 0 Å². The Morgan fingerprint density at radius 1 is 1.25 bits per heavy atom. The van der Waals surface area contributed by atoms with Crippen LogP contribution < -0.4 is 0 Å². The third-order valence-corrected chi connectivity index (χ3v) is 4.42. The molecule has 0 aliphatic heterocycles. The van der Waals surface area contributed by atoms with Crippen LogP contribution in [0, 0.1) is 6.92 Å². The molecule has 16 heavy (non-hydrogen) atoms. The minimum atomic E-state index is -0.204. The van der Waals surface area contributed by atoms with Gasteiger partial charge in [-0.15, -0.1) is 11.6 Å². The molecular weight excluding hydrogens is 355 g/mol. The van der Waals surface area contributed by atoms with Crippen LogP contribution in [0.15, 0.2) is 44.1 Å². The van der Waals surface area contributed by atoms with Gasteiger partial charge in [0.15, 0.2) is 0 Å². The number of halogens is 3. The fourth-order valence-corrected chi connectivity index (χ4v) is 2.94. The first-order chi connectivity index (χ1) is 7.59. The molecule has 84 valence electrons. The van der Waals surface area contributed by atoms with Gasteiger partial charge in [0.05, 0.1) is 17.9 Å². The van der Waals surface area contributed by atoms with E-state index < -0.39 is 0 Å². The number of furan rings is 1. The van der Waals surface area contributed by atoms with E-state index in [1.165, 1.54) is 5.56 Å². The highest BCUT2D eigenvalue weighted by Gasteiger charge is 2.16. The summed E-state index contributed by atoms with van der Waals surface area (Å²) in [5.41, 5.74) is 3.16. The predicted octanol–water partition coefficient (Wildman–Crippen LogP) is 5.44. The summed E-state index contributed by atoms with van der Waals surface area (Å²) in [7, 11) is 0. The minimum absolute atomic E-state index is 0.204. The van der Waals surface area contributed by atoms with Gasteiger partial charge in [-0.3, -0.25) is 0 Å². The molecule has 2 rings (SSSR count). The third kappa shape index (κ3) is 2.36. The van der Waals surface area contributed by atoms with Crippen LogP contribution in [0.1, 0.15) is 22.1 Å². The number of alkyl halides is 1. The molecule has 1 aromatic heterocycles. The van der Waals surface area contributed by atoms with E-state index in [1.807, 2.05) is 19.1 Å². The Hall–Kier alpha value is -0.250. The quantitative estimate of drug-likeness (QED) is 0.647. The number of rotatable bonds is 2. The molecule has 0 bridgehead atoms. The zero-order valence-corrected chi connectivity index (χ0v) is 12.4. The minimum Gasteiger partial charge on any atom is -0.472 e. The number of aryl methyl sites for hydroxylation is 1. The van der Waals surface area contributed by atoms with Gasteiger partial charge in [-0.2, -0.15) is 0 Å². The first kappa shape index (κ1) is 12.2. The average Bonchev–Trinajstić information content (AvgIpc) is 2.75. The normalized spacial score (nSPS) is 12.8. The van der Waals surface area contributed by atoms with Crippen LogP contribution in [-0.4, -0.2) is 0 Å². The van der Waals surface area contributed by atoms with Crippen molar-refractivity contribution in [3.8, 4) is 0 Å². The van der Waals surface area contributed by atoms with Crippen LogP contribution in [0.5, 0.6) is 0 Å². The van der Waals surface area contributed by atoms with E-state index >= 15 is 0 Å². The third-order valence-electron chi connectivity index (χ3n) is 2.39. The van der Waals surface area contributed by atoms with Crippen LogP contribution >= 0.6 is 43.5 Å². The summed E-state index contributed by atoms with van der Waals surface area (Å²) < 4.78 is 7.10. The van der Waals surface area contributed by atoms with Gasteiger partial charge < -0.3 is 4.42 Å². The van der Waals surface area contributed by atoms with E-state index in [0.717, 1.165) is 20.1 Å². The molecule has 0 fully saturated rings. The lowest BCUT2D eigenvalue weighted by atomic mass is 10.1. The fourth-order valence-electron chi connectivity index (χ4n) is 1.45. The van der Waals surface area contributed by atoms with Crippen molar-refractivity contribution < 1.29 is 4.42 Å². The maximum absolute atomic E-state index is 6.39. The smallest absolute Gasteiger partial charge is 0.0952 e. The highest BCUT2D eigenvalue weighted by molar-refractivity contribution is 9.11. The van der Waals surface area contributed by atoms with E-state index in [0.29, 0.717) is 0 Å². The van der Waals surface area contributed by atoms with Crippen molar-refractivity contribution in [1.29, 1.82) is 0 Å². The van der Waals surface area contributed by atoms with Crippen molar-refractivity contribution in [2.75, 3.05) is 0 Å². The molecule has 1 unspecified atom stereocenters. The Morgan fingerprint density at radius 2 is 2.00 bits per heavy atom. The van der Waals surface area contributed by atoms with Crippen molar-refractivity contribution in [2.24, 2.45) is 0 Å². The van der Waals surface area contributed by atoms with Crippen LogP contribution in [0.25, 0.3) is 0 Å². The molecule has 0 radical (unpaired) electrons. The fraction of sp³-hybridized carbons (Fsp3) is 0.167. The molecule has 4 heteroatoms. The zero-order chi connectivity index (χ0) is 11.7. The predicted molar refractivity (Wildman–Crippen MR) is 73.0 cm³/mol. The van der Waals surface area contributed by atoms with E-state index in [-0.39, 0.29) is 5.38 Å². The lowest BCUT2D eigenvalue weighted by Crippen LogP contribution is -1.94. The zero-order valence-electron chi connectivity index (χ0n) is 8.51. The maximum Gasteiger partial charge on any atom is 0.0952 e. The molecule has 0 saturated carbocycles. The van der Waals surface area contributed by atoms with E-state index in [4.69, 9.17) is 16.0 Å². The standard InChI is InChI=1S/C12H9Br2ClO/c1-7-4-11(14)9(5-10(7)13)12(15)8-2-3-16-6-8/h2-6,12H,1H3. The van der Waals surface area contributed by atoms with Crippen molar-refractivity contribution in [2.45, 2.75) is 12.3 Å². The highest BCUT2D eigenvalue weighted by Crippen LogP contribution is 2.36. The van der Waals surface area contributed by atoms with Crippen molar-refractivity contribution in [3.05, 3.63) is 56.4 Å². The summed E-state index contributed by atoms with van der Waals surface area (Å²) in [6.07, 6.45) is 3.29. The van der Waals surface area contributed by atoms with Crippen LogP contribution in [0.3, 0.4) is 0 Å². The first-order valence-corrected chi connectivity index (χ1v) is 6.73. The largest absolute Gasteiger partial charge is 0.472 e. The summed E-state index contributed by atoms with van der Waals surface area (Å²) in [4.78, 5) is 0. The van der Waals surface area contributed by atoms with E-state index in [2.05, 4.69) is 37.9 Å². The molecule has 1 nitrogen and oxygen atoms in total. The molecule has 0 amide bonds. The van der Waals surface area contributed by atoms with Gasteiger partial charge >= 0.3 is 0 Å². The second-order valence-electron chi connectivity index (χ2n) is 3.54. The molecule has 0 N–H and O–H groups in total. The van der Waals surface area contributed by atoms with Gasteiger partial charge in [-0.1, -0.05) is 31.9 Å². The topological polar surface area (TPSA) is 13.1 Å². The Kier molecular flexibility index (Phi) is 3.77. The molecule has 0 aliphatic rings. The van der Waals surface area contributed by atoms with Crippen molar-refractivity contribution >= 4 is 43.5 Å². The van der Waals surface area contributed by atoms with Gasteiger partial charge in [-0.25, -0.2) is 0 Å². The molecule has 0 aliphatic carbocycles. The summed E-state index contributed by atoms with van der Waals surface area (Å²) in [5.74, 6) is 0. The monoisotopic (exact) mass is 362 g/mol. The molecule has 2 aromatic rings. The van der Waals surface area contributed by atoms with Gasteiger partial charge in [0.1, 0.15) is 0 Å². The van der Waals surface area contributed by atoms with Gasteiger partial charge in [-0.05, 0) is 36.2 Å². The first-order valence-electron chi connectivity index (χ1n) is 4.71. The molecule has 1 atom stereocenters. The number of hydrogen-bond acceptors (Lipinski definition) is 1. The van der Waals surface area contributed by atoms with E-state index in [1.54, 1.807) is 12.5 Å². The van der Waals surface area contributed by atoms with Crippen LogP contribution in [0.4, 0.5) is 0 Å². The Labute approximate surface area is 116 Å². The van der Waals surface area contributed by atoms with Crippen molar-refractivity contribution in [3.63, 3.8) is 0 Å². The molecule has 1 aromatic carbocycles. The molecular formula is C12H9Br2ClO. The van der Waals surface area contributed by atoms with Gasteiger partial charge in [0, 0.05) is 14.5 Å². The van der Waals surface area contributed by atoms with Crippen LogP contribution in [0.2, 0.25) is 0 Å². The lowest BCUT2D eigenvalue weighted by Gasteiger charge is -2.12. The summed E-state index contributed by atoms with van der Waals surface area (Å²) in [5, 5.41) is -0.204. The SMILES string of the molecule is Cc1cc(Br)c(C(Cl)c2ccoc2)cc1Br. The average molecular weight is 364 g/mol. The summed E-state index contributed by atoms with van der Waals surface area (Å²) in [6, 6.07) is 5.96. The van der Waals surface area contributed by atoms with E-state index in [9.17, 15) is 0 Å². The summed E-state index contributed by atoms with van der Waals surface area (Å²) >= 11 is 13.4. The van der Waals surface area contributed by atoms with Crippen molar-refractivity contribution in [1.82, 2.24) is 0 Å². The summed E-state index contributed by atoms with van der Waals surface area (Å²) in [6.45, 7) is 2.04. The second kappa shape index (κ2) is 4.94. The number of benzene rings is 1. The second-order valence-corrected chi connectivity index (χ2v) is 5.69. The number of hydrogen-bond donors (Lipinski definition) is 0. The maximum atomic E-state index is 6.39. The van der Waals surface area contributed by atoms with Gasteiger partial charge in [0.25, 0.3) is 0 Å².